The second-order valence-corrected chi connectivity index (χ2v) is 3.33. The maximum atomic E-state index is 11.4. The van der Waals surface area contributed by atoms with Gasteiger partial charge in [0.1, 0.15) is 0 Å². The van der Waals surface area contributed by atoms with Crippen LogP contribution in [0.4, 0.5) is 0 Å². The van der Waals surface area contributed by atoms with Crippen LogP contribution in [-0.4, -0.2) is 43.3 Å². The van der Waals surface area contributed by atoms with E-state index in [4.69, 9.17) is 0 Å². The quantitative estimate of drug-likeness (QED) is 0.173. The summed E-state index contributed by atoms with van der Waals surface area (Å²) in [5.41, 5.74) is -0.277. The smallest absolute Gasteiger partial charge is 0.339 e. The van der Waals surface area contributed by atoms with Crippen molar-refractivity contribution in [2.75, 3.05) is 21.2 Å². The summed E-state index contributed by atoms with van der Waals surface area (Å²) in [7, 11) is 4.49. The average Bonchev–Trinajstić information content (AvgIpc) is 2.28. The third-order valence-corrected chi connectivity index (χ3v) is 2.09. The van der Waals surface area contributed by atoms with Crippen molar-refractivity contribution in [3.8, 4) is 0 Å². The van der Waals surface area contributed by atoms with Crippen molar-refractivity contribution in [1.29, 1.82) is 0 Å². The van der Waals surface area contributed by atoms with E-state index in [9.17, 15) is 19.7 Å². The van der Waals surface area contributed by atoms with E-state index in [1.807, 2.05) is 0 Å². The number of carbonyl (C=O) groups is 2. The molecule has 7 nitrogen and oxygen atoms in total. The number of methoxy groups -OCH3 is 1. The van der Waals surface area contributed by atoms with Crippen LogP contribution in [0.3, 0.4) is 0 Å². The lowest BCUT2D eigenvalue weighted by molar-refractivity contribution is -0.417. The van der Waals surface area contributed by atoms with Gasteiger partial charge in [0.25, 0.3) is 0 Å². The van der Waals surface area contributed by atoms with Crippen LogP contribution in [0, 0.1) is 10.1 Å². The molecule has 0 aromatic heterocycles. The maximum absolute atomic E-state index is 11.4. The van der Waals surface area contributed by atoms with Crippen molar-refractivity contribution >= 4 is 12.3 Å². The molecule has 17 heavy (non-hydrogen) atoms. The third-order valence-electron chi connectivity index (χ3n) is 2.09. The Kier molecular flexibility index (Phi) is 5.59. The van der Waals surface area contributed by atoms with Crippen LogP contribution in [0.25, 0.3) is 0 Å². The topological polar surface area (TPSA) is 89.8 Å². The minimum absolute atomic E-state index is 0.0312. The first-order valence-corrected chi connectivity index (χ1v) is 4.63. The fourth-order valence-electron chi connectivity index (χ4n) is 0.940. The van der Waals surface area contributed by atoms with Crippen LogP contribution in [-0.2, 0) is 14.3 Å². The van der Waals surface area contributed by atoms with E-state index >= 15 is 0 Å². The molecule has 0 rings (SSSR count). The lowest BCUT2D eigenvalue weighted by Gasteiger charge is -2.15. The maximum Gasteiger partial charge on any atom is 0.339 e. The first-order chi connectivity index (χ1) is 7.84. The van der Waals surface area contributed by atoms with Gasteiger partial charge >= 0.3 is 11.7 Å². The molecule has 0 aliphatic carbocycles. The fourth-order valence-corrected chi connectivity index (χ4v) is 0.940. The Balaban J connectivity index is 5.67. The van der Waals surface area contributed by atoms with E-state index in [1.54, 1.807) is 25.9 Å². The van der Waals surface area contributed by atoms with Gasteiger partial charge in [0.15, 0.2) is 0 Å². The number of nitro groups is 1. The first-order valence-electron chi connectivity index (χ1n) is 4.63. The van der Waals surface area contributed by atoms with E-state index in [0.29, 0.717) is 5.70 Å². The van der Waals surface area contributed by atoms with Gasteiger partial charge < -0.3 is 9.64 Å². The molecular formula is C10H14N2O5. The molecule has 0 radical (unpaired) electrons. The van der Waals surface area contributed by atoms with Gasteiger partial charge in [-0.1, -0.05) is 0 Å². The van der Waals surface area contributed by atoms with Crippen LogP contribution >= 0.6 is 0 Å². The van der Waals surface area contributed by atoms with Gasteiger partial charge in [-0.3, -0.25) is 14.9 Å². The summed E-state index contributed by atoms with van der Waals surface area (Å²) in [4.78, 5) is 33.1. The predicted octanol–water partition coefficient (Wildman–Crippen LogP) is 0.355. The molecule has 0 bridgehead atoms. The van der Waals surface area contributed by atoms with Crippen LogP contribution in [0.15, 0.2) is 23.0 Å². The van der Waals surface area contributed by atoms with Crippen LogP contribution < -0.4 is 0 Å². The number of ether oxygens (including phenoxy) is 1. The molecular weight excluding hydrogens is 228 g/mol. The van der Waals surface area contributed by atoms with Crippen LogP contribution in [0.5, 0.6) is 0 Å². The Morgan fingerprint density at radius 1 is 1.41 bits per heavy atom. The number of hydrogen-bond donors (Lipinski definition) is 0. The summed E-state index contributed by atoms with van der Waals surface area (Å²) < 4.78 is 4.50. The molecule has 0 spiro atoms. The normalized spacial score (nSPS) is 12.6. The minimum atomic E-state index is -0.862. The molecule has 0 aliphatic rings. The van der Waals surface area contributed by atoms with Gasteiger partial charge in [-0.15, -0.1) is 0 Å². The Labute approximate surface area is 98.5 Å². The molecule has 0 saturated heterocycles. The standard InChI is InChI=1S/C10H14N2O5/c1-7(11(2)3)9(10(14)17-4)5-8(6-13)12(15)16/h5-6H,1-4H3. The highest BCUT2D eigenvalue weighted by Crippen LogP contribution is 2.12. The van der Waals surface area contributed by atoms with E-state index in [2.05, 4.69) is 4.74 Å². The third kappa shape index (κ3) is 4.06. The van der Waals surface area contributed by atoms with Gasteiger partial charge in [-0.2, -0.15) is 0 Å². The van der Waals surface area contributed by atoms with Gasteiger partial charge in [0, 0.05) is 25.9 Å². The van der Waals surface area contributed by atoms with Crippen molar-refractivity contribution in [1.82, 2.24) is 4.90 Å². The summed E-state index contributed by atoms with van der Waals surface area (Å²) in [6.07, 6.45) is 0.972. The minimum Gasteiger partial charge on any atom is -0.465 e. The molecule has 0 heterocycles. The molecule has 0 fully saturated rings. The zero-order valence-electron chi connectivity index (χ0n) is 10.1. The van der Waals surface area contributed by atoms with E-state index in [1.165, 1.54) is 0 Å². The zero-order chi connectivity index (χ0) is 13.6. The Morgan fingerprint density at radius 2 is 1.94 bits per heavy atom. The molecule has 0 saturated carbocycles. The molecule has 0 aromatic carbocycles. The number of aldehydes is 1. The second kappa shape index (κ2) is 6.41. The molecule has 94 valence electrons. The van der Waals surface area contributed by atoms with E-state index in [-0.39, 0.29) is 11.9 Å². The highest BCUT2D eigenvalue weighted by molar-refractivity contribution is 5.93. The van der Waals surface area contributed by atoms with Crippen molar-refractivity contribution in [2.24, 2.45) is 0 Å². The van der Waals surface area contributed by atoms with Gasteiger partial charge in [-0.05, 0) is 6.92 Å². The number of rotatable bonds is 5. The predicted molar refractivity (Wildman–Crippen MR) is 59.5 cm³/mol. The Morgan fingerprint density at radius 3 is 2.24 bits per heavy atom. The van der Waals surface area contributed by atoms with Gasteiger partial charge in [0.2, 0.25) is 6.29 Å². The lowest BCUT2D eigenvalue weighted by Crippen LogP contribution is -2.16. The van der Waals surface area contributed by atoms with Crippen molar-refractivity contribution < 1.29 is 19.2 Å². The second-order valence-electron chi connectivity index (χ2n) is 3.33. The average molecular weight is 242 g/mol. The summed E-state index contributed by atoms with van der Waals surface area (Å²) >= 11 is 0. The number of esters is 1. The Bertz CT molecular complexity index is 396. The Hall–Kier alpha value is -2.18. The SMILES string of the molecule is COC(=O)C(C=C(C=O)[N+](=O)[O-])=C(C)N(C)C. The van der Waals surface area contributed by atoms with E-state index < -0.39 is 16.6 Å². The monoisotopic (exact) mass is 242 g/mol. The lowest BCUT2D eigenvalue weighted by atomic mass is 10.1. The summed E-state index contributed by atoms with van der Waals surface area (Å²) in [5.74, 6) is -0.739. The molecule has 0 aromatic rings. The highest BCUT2D eigenvalue weighted by atomic mass is 16.6. The number of allylic oxidation sites excluding steroid dienone is 2. The van der Waals surface area contributed by atoms with Crippen molar-refractivity contribution in [2.45, 2.75) is 6.92 Å². The summed E-state index contributed by atoms with van der Waals surface area (Å²) in [6.45, 7) is 1.59. The molecule has 7 heteroatoms. The van der Waals surface area contributed by atoms with Crippen molar-refractivity contribution in [3.05, 3.63) is 33.2 Å². The highest BCUT2D eigenvalue weighted by Gasteiger charge is 2.18. The van der Waals surface area contributed by atoms with Gasteiger partial charge in [0.05, 0.1) is 17.6 Å². The number of hydrogen-bond acceptors (Lipinski definition) is 6. The summed E-state index contributed by atoms with van der Waals surface area (Å²) in [6, 6.07) is 0. The number of carbonyl (C=O) groups excluding carboxylic acids is 2. The van der Waals surface area contributed by atoms with Crippen LogP contribution in [0.2, 0.25) is 0 Å². The number of nitrogens with zero attached hydrogens (tertiary/aromatic N) is 2. The molecule has 0 amide bonds. The van der Waals surface area contributed by atoms with E-state index in [0.717, 1.165) is 13.2 Å². The van der Waals surface area contributed by atoms with Crippen molar-refractivity contribution in [3.63, 3.8) is 0 Å². The van der Waals surface area contributed by atoms with Crippen LogP contribution in [0.1, 0.15) is 6.92 Å². The first kappa shape index (κ1) is 14.8. The zero-order valence-corrected chi connectivity index (χ0v) is 10.1. The fraction of sp³-hybridized carbons (Fsp3) is 0.400. The van der Waals surface area contributed by atoms with Gasteiger partial charge in [-0.25, -0.2) is 4.79 Å². The molecule has 0 atom stereocenters. The molecule has 0 aliphatic heterocycles. The summed E-state index contributed by atoms with van der Waals surface area (Å²) in [5, 5.41) is 10.5. The molecule has 0 unspecified atom stereocenters. The largest absolute Gasteiger partial charge is 0.465 e. The molecule has 0 N–H and O–H groups in total.